The minimum atomic E-state index is -0.930. The number of ether oxygens (including phenoxy) is 1. The summed E-state index contributed by atoms with van der Waals surface area (Å²) in [6, 6.07) is 9.77. The topological polar surface area (TPSA) is 86.4 Å². The normalized spacial score (nSPS) is 11.9. The van der Waals surface area contributed by atoms with Gasteiger partial charge in [0.25, 0.3) is 0 Å². The van der Waals surface area contributed by atoms with Crippen LogP contribution >= 0.6 is 0 Å². The molecule has 1 atom stereocenters. The van der Waals surface area contributed by atoms with Gasteiger partial charge >= 0.3 is 5.76 Å². The van der Waals surface area contributed by atoms with Crippen LogP contribution in [0.25, 0.3) is 11.5 Å². The Labute approximate surface area is 154 Å². The Morgan fingerprint density at radius 1 is 1.26 bits per heavy atom. The van der Waals surface area contributed by atoms with E-state index in [-0.39, 0.29) is 5.89 Å². The number of hydrogen-bond donors (Lipinski definition) is 1. The van der Waals surface area contributed by atoms with E-state index in [9.17, 15) is 14.0 Å². The number of carbonyl (C=O) groups excluding carboxylic acids is 1. The third-order valence-electron chi connectivity index (χ3n) is 4.02. The monoisotopic (exact) mass is 371 g/mol. The number of rotatable bonds is 5. The summed E-state index contributed by atoms with van der Waals surface area (Å²) < 4.78 is 24.3. The highest BCUT2D eigenvalue weighted by molar-refractivity contribution is 5.94. The Morgan fingerprint density at radius 2 is 1.96 bits per heavy atom. The lowest BCUT2D eigenvalue weighted by atomic mass is 10.2. The van der Waals surface area contributed by atoms with E-state index in [4.69, 9.17) is 9.15 Å². The SMILES string of the molecule is COc1ccc(C)cc1NC(=O)[C@H](C)n1nc(-c2ccc(F)cc2)oc1=O. The second-order valence-electron chi connectivity index (χ2n) is 5.99. The third-order valence-corrected chi connectivity index (χ3v) is 4.02. The van der Waals surface area contributed by atoms with Gasteiger partial charge in [0.05, 0.1) is 12.8 Å². The Morgan fingerprint density at radius 3 is 2.63 bits per heavy atom. The summed E-state index contributed by atoms with van der Waals surface area (Å²) in [6.07, 6.45) is 0. The first-order valence-electron chi connectivity index (χ1n) is 8.20. The molecule has 0 bridgehead atoms. The Balaban J connectivity index is 1.84. The van der Waals surface area contributed by atoms with E-state index in [1.165, 1.54) is 38.3 Å². The first-order valence-corrected chi connectivity index (χ1v) is 8.20. The molecule has 1 aromatic heterocycles. The van der Waals surface area contributed by atoms with Crippen LogP contribution in [0.5, 0.6) is 5.75 Å². The third kappa shape index (κ3) is 3.89. The summed E-state index contributed by atoms with van der Waals surface area (Å²) in [5, 5.41) is 6.78. The molecule has 0 fully saturated rings. The number of aryl methyl sites for hydroxylation is 1. The summed E-state index contributed by atoms with van der Waals surface area (Å²) in [5.74, 6) is -1.15. The maximum Gasteiger partial charge on any atom is 0.438 e. The van der Waals surface area contributed by atoms with Gasteiger partial charge in [0, 0.05) is 5.56 Å². The van der Waals surface area contributed by atoms with Crippen LogP contribution in [0.2, 0.25) is 0 Å². The van der Waals surface area contributed by atoms with Crippen molar-refractivity contribution in [3.8, 4) is 17.2 Å². The molecule has 0 aliphatic carbocycles. The Bertz CT molecular complexity index is 1020. The standard InChI is InChI=1S/C19H18FN3O4/c1-11-4-9-16(26-3)15(10-11)21-17(24)12(2)23-19(25)27-18(22-23)13-5-7-14(20)8-6-13/h4-10,12H,1-3H3,(H,21,24)/t12-/m0/s1. The number of halogens is 1. The fraction of sp³-hybridized carbons (Fsp3) is 0.211. The molecular weight excluding hydrogens is 353 g/mol. The number of aromatic nitrogens is 2. The van der Waals surface area contributed by atoms with E-state index in [2.05, 4.69) is 10.4 Å². The van der Waals surface area contributed by atoms with E-state index in [1.54, 1.807) is 12.1 Å². The zero-order valence-electron chi connectivity index (χ0n) is 15.0. The van der Waals surface area contributed by atoms with Crippen molar-refractivity contribution in [3.63, 3.8) is 0 Å². The molecule has 3 aromatic rings. The zero-order chi connectivity index (χ0) is 19.6. The van der Waals surface area contributed by atoms with Gasteiger partial charge in [-0.05, 0) is 55.8 Å². The van der Waals surface area contributed by atoms with E-state index < -0.39 is 23.5 Å². The average Bonchev–Trinajstić information content (AvgIpc) is 3.03. The largest absolute Gasteiger partial charge is 0.495 e. The van der Waals surface area contributed by atoms with Crippen LogP contribution in [0.15, 0.2) is 51.7 Å². The number of nitrogens with zero attached hydrogens (tertiary/aromatic N) is 2. The first-order chi connectivity index (χ1) is 12.9. The molecule has 8 heteroatoms. The van der Waals surface area contributed by atoms with Crippen molar-refractivity contribution >= 4 is 11.6 Å². The van der Waals surface area contributed by atoms with Crippen LogP contribution in [0, 0.1) is 12.7 Å². The van der Waals surface area contributed by atoms with Crippen LogP contribution < -0.4 is 15.8 Å². The summed E-state index contributed by atoms with van der Waals surface area (Å²) in [5.41, 5.74) is 1.86. The van der Waals surface area contributed by atoms with Gasteiger partial charge in [0.2, 0.25) is 11.8 Å². The average molecular weight is 371 g/mol. The predicted octanol–water partition coefficient (Wildman–Crippen LogP) is 3.16. The van der Waals surface area contributed by atoms with Crippen LogP contribution in [0.4, 0.5) is 10.1 Å². The molecule has 0 spiro atoms. The lowest BCUT2D eigenvalue weighted by Crippen LogP contribution is -2.30. The van der Waals surface area contributed by atoms with Crippen molar-refractivity contribution in [2.24, 2.45) is 0 Å². The molecule has 0 saturated carbocycles. The van der Waals surface area contributed by atoms with Gasteiger partial charge in [-0.3, -0.25) is 4.79 Å². The summed E-state index contributed by atoms with van der Waals surface area (Å²) >= 11 is 0. The Hall–Kier alpha value is -3.42. The number of anilines is 1. The molecule has 0 unspecified atom stereocenters. The Kier molecular flexibility index (Phi) is 5.07. The molecule has 3 rings (SSSR count). The molecule has 0 aliphatic rings. The van der Waals surface area contributed by atoms with E-state index in [0.29, 0.717) is 17.0 Å². The molecule has 1 N–H and O–H groups in total. The first kappa shape index (κ1) is 18.4. The summed E-state index contributed by atoms with van der Waals surface area (Å²) in [7, 11) is 1.50. The van der Waals surface area contributed by atoms with E-state index >= 15 is 0 Å². The molecular formula is C19H18FN3O4. The summed E-state index contributed by atoms with van der Waals surface area (Å²) in [4.78, 5) is 24.7. The number of benzene rings is 2. The molecule has 0 radical (unpaired) electrons. The lowest BCUT2D eigenvalue weighted by molar-refractivity contribution is -0.119. The fourth-order valence-electron chi connectivity index (χ4n) is 2.51. The predicted molar refractivity (Wildman–Crippen MR) is 97.2 cm³/mol. The van der Waals surface area contributed by atoms with Crippen molar-refractivity contribution in [1.29, 1.82) is 0 Å². The lowest BCUT2D eigenvalue weighted by Gasteiger charge is -2.14. The quantitative estimate of drug-likeness (QED) is 0.744. The second kappa shape index (κ2) is 7.45. The maximum atomic E-state index is 13.0. The molecule has 0 saturated heterocycles. The van der Waals surface area contributed by atoms with Crippen LogP contribution in [-0.4, -0.2) is 22.8 Å². The highest BCUT2D eigenvalue weighted by Crippen LogP contribution is 2.26. The van der Waals surface area contributed by atoms with Crippen molar-refractivity contribution in [2.45, 2.75) is 19.9 Å². The second-order valence-corrected chi connectivity index (χ2v) is 5.99. The number of carbonyl (C=O) groups is 1. The molecule has 27 heavy (non-hydrogen) atoms. The maximum absolute atomic E-state index is 13.0. The van der Waals surface area contributed by atoms with Crippen molar-refractivity contribution < 1.29 is 18.3 Å². The van der Waals surface area contributed by atoms with Gasteiger partial charge in [0.1, 0.15) is 17.6 Å². The zero-order valence-corrected chi connectivity index (χ0v) is 15.0. The van der Waals surface area contributed by atoms with Crippen LogP contribution in [0.1, 0.15) is 18.5 Å². The van der Waals surface area contributed by atoms with E-state index in [0.717, 1.165) is 10.2 Å². The van der Waals surface area contributed by atoms with Gasteiger partial charge in [0.15, 0.2) is 0 Å². The van der Waals surface area contributed by atoms with Crippen LogP contribution in [-0.2, 0) is 4.79 Å². The minimum absolute atomic E-state index is 0.00721. The van der Waals surface area contributed by atoms with Crippen molar-refractivity contribution in [1.82, 2.24) is 9.78 Å². The molecule has 140 valence electrons. The van der Waals surface area contributed by atoms with E-state index in [1.807, 2.05) is 13.0 Å². The van der Waals surface area contributed by atoms with Crippen molar-refractivity contribution in [2.75, 3.05) is 12.4 Å². The van der Waals surface area contributed by atoms with Gasteiger partial charge in [-0.2, -0.15) is 4.68 Å². The smallest absolute Gasteiger partial charge is 0.438 e. The molecule has 1 heterocycles. The summed E-state index contributed by atoms with van der Waals surface area (Å²) in [6.45, 7) is 3.41. The van der Waals surface area contributed by atoms with Crippen LogP contribution in [0.3, 0.4) is 0 Å². The van der Waals surface area contributed by atoms with Crippen molar-refractivity contribution in [3.05, 3.63) is 64.4 Å². The molecule has 0 aliphatic heterocycles. The highest BCUT2D eigenvalue weighted by atomic mass is 19.1. The number of hydrogen-bond acceptors (Lipinski definition) is 5. The molecule has 1 amide bonds. The van der Waals surface area contributed by atoms with Gasteiger partial charge < -0.3 is 14.5 Å². The number of amides is 1. The molecule has 2 aromatic carbocycles. The number of nitrogens with one attached hydrogen (secondary N) is 1. The van der Waals surface area contributed by atoms with Gasteiger partial charge in [-0.25, -0.2) is 9.18 Å². The minimum Gasteiger partial charge on any atom is -0.495 e. The highest BCUT2D eigenvalue weighted by Gasteiger charge is 2.22. The van der Waals surface area contributed by atoms with Gasteiger partial charge in [-0.15, -0.1) is 5.10 Å². The van der Waals surface area contributed by atoms with Gasteiger partial charge in [-0.1, -0.05) is 6.07 Å². The number of methoxy groups -OCH3 is 1. The molecule has 7 nitrogen and oxygen atoms in total. The fourth-order valence-corrected chi connectivity index (χ4v) is 2.51.